The lowest BCUT2D eigenvalue weighted by Gasteiger charge is -2.38. The van der Waals surface area contributed by atoms with Crippen LogP contribution in [-0.4, -0.2) is 17.6 Å². The number of hydrogen-bond acceptors (Lipinski definition) is 2. The van der Waals surface area contributed by atoms with Gasteiger partial charge in [-0.2, -0.15) is 0 Å². The fourth-order valence-electron chi connectivity index (χ4n) is 2.15. The first-order chi connectivity index (χ1) is 8.00. The van der Waals surface area contributed by atoms with Crippen LogP contribution in [0, 0.1) is 12.3 Å². The van der Waals surface area contributed by atoms with Crippen LogP contribution in [0.5, 0.6) is 5.75 Å². The largest absolute Gasteiger partial charge is 0.508 e. The van der Waals surface area contributed by atoms with Gasteiger partial charge < -0.3 is 10.4 Å². The van der Waals surface area contributed by atoms with Gasteiger partial charge >= 0.3 is 0 Å². The topological polar surface area (TPSA) is 49.3 Å². The molecule has 0 spiro atoms. The number of carbonyl (C=O) groups is 1. The maximum Gasteiger partial charge on any atom is 0.251 e. The quantitative estimate of drug-likeness (QED) is 0.843. The number of phenolic OH excluding ortho intramolecular Hbond substituents is 1. The number of aromatic hydroxyl groups is 1. The lowest BCUT2D eigenvalue weighted by atomic mass is 9.70. The summed E-state index contributed by atoms with van der Waals surface area (Å²) in [6.45, 7) is 4.74. The molecule has 0 heterocycles. The number of amides is 1. The molecule has 3 heteroatoms. The van der Waals surface area contributed by atoms with Gasteiger partial charge in [-0.1, -0.05) is 13.3 Å². The van der Waals surface area contributed by atoms with E-state index in [1.54, 1.807) is 25.1 Å². The van der Waals surface area contributed by atoms with Crippen LogP contribution in [-0.2, 0) is 0 Å². The van der Waals surface area contributed by atoms with E-state index in [0.29, 0.717) is 11.0 Å². The number of aryl methyl sites for hydroxylation is 1. The molecule has 0 aliphatic heterocycles. The molecule has 17 heavy (non-hydrogen) atoms. The number of hydrogen-bond donors (Lipinski definition) is 2. The summed E-state index contributed by atoms with van der Waals surface area (Å²) in [7, 11) is 0. The number of benzene rings is 1. The predicted molar refractivity (Wildman–Crippen MR) is 67.1 cm³/mol. The molecule has 2 N–H and O–H groups in total. The second-order valence-corrected chi connectivity index (χ2v) is 5.35. The number of rotatable bonds is 3. The average Bonchev–Trinajstić information content (AvgIpc) is 2.27. The van der Waals surface area contributed by atoms with Crippen LogP contribution in [0.25, 0.3) is 0 Å². The first kappa shape index (κ1) is 12.0. The minimum Gasteiger partial charge on any atom is -0.508 e. The van der Waals surface area contributed by atoms with E-state index < -0.39 is 0 Å². The second-order valence-electron chi connectivity index (χ2n) is 5.35. The van der Waals surface area contributed by atoms with Crippen LogP contribution < -0.4 is 5.32 Å². The lowest BCUT2D eigenvalue weighted by Crippen LogP contribution is -2.39. The third kappa shape index (κ3) is 2.60. The van der Waals surface area contributed by atoms with Crippen molar-refractivity contribution in [2.75, 3.05) is 6.54 Å². The molecule has 1 fully saturated rings. The highest BCUT2D eigenvalue weighted by molar-refractivity contribution is 5.94. The number of phenols is 1. The molecule has 1 aromatic rings. The maximum absolute atomic E-state index is 11.9. The van der Waals surface area contributed by atoms with Crippen molar-refractivity contribution in [2.24, 2.45) is 5.41 Å². The van der Waals surface area contributed by atoms with Crippen LogP contribution in [0.3, 0.4) is 0 Å². The molecule has 1 amide bonds. The van der Waals surface area contributed by atoms with Crippen molar-refractivity contribution >= 4 is 5.91 Å². The van der Waals surface area contributed by atoms with Crippen LogP contribution >= 0.6 is 0 Å². The zero-order valence-electron chi connectivity index (χ0n) is 10.4. The molecule has 0 unspecified atom stereocenters. The first-order valence-electron chi connectivity index (χ1n) is 6.08. The molecule has 92 valence electrons. The van der Waals surface area contributed by atoms with E-state index in [1.807, 2.05) is 0 Å². The third-order valence-corrected chi connectivity index (χ3v) is 3.70. The minimum absolute atomic E-state index is 0.0544. The van der Waals surface area contributed by atoms with Crippen molar-refractivity contribution in [1.82, 2.24) is 5.32 Å². The van der Waals surface area contributed by atoms with E-state index in [1.165, 1.54) is 19.3 Å². The van der Waals surface area contributed by atoms with Crippen molar-refractivity contribution in [3.8, 4) is 5.75 Å². The molecular weight excluding hydrogens is 214 g/mol. The molecule has 1 aromatic carbocycles. The number of carbonyl (C=O) groups excluding carboxylic acids is 1. The van der Waals surface area contributed by atoms with Gasteiger partial charge in [0.25, 0.3) is 5.91 Å². The van der Waals surface area contributed by atoms with Crippen LogP contribution in [0.1, 0.15) is 42.1 Å². The summed E-state index contributed by atoms with van der Waals surface area (Å²) in [5.74, 6) is 0.175. The fourth-order valence-corrected chi connectivity index (χ4v) is 2.15. The summed E-state index contributed by atoms with van der Waals surface area (Å²) >= 11 is 0. The summed E-state index contributed by atoms with van der Waals surface area (Å²) in [5.41, 5.74) is 1.64. The molecule has 0 aromatic heterocycles. The Morgan fingerprint density at radius 3 is 2.71 bits per heavy atom. The van der Waals surface area contributed by atoms with Gasteiger partial charge in [-0.15, -0.1) is 0 Å². The van der Waals surface area contributed by atoms with E-state index >= 15 is 0 Å². The van der Waals surface area contributed by atoms with Gasteiger partial charge in [0.05, 0.1) is 0 Å². The first-order valence-corrected chi connectivity index (χ1v) is 6.08. The van der Waals surface area contributed by atoms with Gasteiger partial charge in [0.2, 0.25) is 0 Å². The molecular formula is C14H19NO2. The van der Waals surface area contributed by atoms with Crippen LogP contribution in [0.2, 0.25) is 0 Å². The van der Waals surface area contributed by atoms with Crippen LogP contribution in [0.4, 0.5) is 0 Å². The van der Waals surface area contributed by atoms with E-state index in [-0.39, 0.29) is 11.7 Å². The zero-order valence-corrected chi connectivity index (χ0v) is 10.4. The maximum atomic E-state index is 11.9. The zero-order chi connectivity index (χ0) is 12.5. The predicted octanol–water partition coefficient (Wildman–Crippen LogP) is 2.62. The monoisotopic (exact) mass is 233 g/mol. The Balaban J connectivity index is 1.97. The highest BCUT2D eigenvalue weighted by atomic mass is 16.3. The van der Waals surface area contributed by atoms with Gasteiger partial charge in [0, 0.05) is 12.1 Å². The Labute approximate surface area is 102 Å². The number of nitrogens with one attached hydrogen (secondary N) is 1. The Morgan fingerprint density at radius 2 is 2.18 bits per heavy atom. The van der Waals surface area contributed by atoms with Gasteiger partial charge in [0.1, 0.15) is 5.75 Å². The molecule has 2 rings (SSSR count). The standard InChI is InChI=1S/C14H19NO2/c1-10-8-11(4-5-12(10)16)13(17)15-9-14(2)6-3-7-14/h4-5,8,16H,3,6-7,9H2,1-2H3,(H,15,17). The summed E-state index contributed by atoms with van der Waals surface area (Å²) in [4.78, 5) is 11.9. The van der Waals surface area contributed by atoms with Crippen LogP contribution in [0.15, 0.2) is 18.2 Å². The van der Waals surface area contributed by atoms with Crippen molar-refractivity contribution < 1.29 is 9.90 Å². The van der Waals surface area contributed by atoms with Crippen molar-refractivity contribution in [2.45, 2.75) is 33.1 Å². The Kier molecular flexibility index (Phi) is 3.09. The SMILES string of the molecule is Cc1cc(C(=O)NCC2(C)CCC2)ccc1O. The van der Waals surface area contributed by atoms with Crippen molar-refractivity contribution in [3.05, 3.63) is 29.3 Å². The van der Waals surface area contributed by atoms with Crippen molar-refractivity contribution in [3.63, 3.8) is 0 Å². The Hall–Kier alpha value is -1.51. The molecule has 0 saturated heterocycles. The fraction of sp³-hybridized carbons (Fsp3) is 0.500. The summed E-state index contributed by atoms with van der Waals surface area (Å²) in [6, 6.07) is 4.93. The van der Waals surface area contributed by atoms with Gasteiger partial charge in [-0.05, 0) is 48.9 Å². The third-order valence-electron chi connectivity index (χ3n) is 3.70. The van der Waals surface area contributed by atoms with E-state index in [2.05, 4.69) is 12.2 Å². The molecule has 0 bridgehead atoms. The molecule has 1 saturated carbocycles. The second kappa shape index (κ2) is 4.40. The smallest absolute Gasteiger partial charge is 0.251 e. The molecule has 1 aliphatic rings. The highest BCUT2D eigenvalue weighted by Crippen LogP contribution is 2.39. The Bertz CT molecular complexity index is 436. The van der Waals surface area contributed by atoms with E-state index in [9.17, 15) is 9.90 Å². The normalized spacial score (nSPS) is 17.3. The lowest BCUT2D eigenvalue weighted by molar-refractivity contribution is 0.0890. The molecule has 1 aliphatic carbocycles. The van der Waals surface area contributed by atoms with Gasteiger partial charge in [0.15, 0.2) is 0 Å². The van der Waals surface area contributed by atoms with E-state index in [0.717, 1.165) is 12.1 Å². The van der Waals surface area contributed by atoms with Crippen molar-refractivity contribution in [1.29, 1.82) is 0 Å². The Morgan fingerprint density at radius 1 is 1.47 bits per heavy atom. The summed E-state index contributed by atoms with van der Waals surface area (Å²) in [6.07, 6.45) is 3.66. The molecule has 0 radical (unpaired) electrons. The average molecular weight is 233 g/mol. The highest BCUT2D eigenvalue weighted by Gasteiger charge is 2.31. The summed E-state index contributed by atoms with van der Waals surface area (Å²) < 4.78 is 0. The molecule has 0 atom stereocenters. The van der Waals surface area contributed by atoms with Gasteiger partial charge in [-0.25, -0.2) is 0 Å². The van der Waals surface area contributed by atoms with E-state index in [4.69, 9.17) is 0 Å². The van der Waals surface area contributed by atoms with Gasteiger partial charge in [-0.3, -0.25) is 4.79 Å². The summed E-state index contributed by atoms with van der Waals surface area (Å²) in [5, 5.41) is 12.4. The minimum atomic E-state index is -0.0544. The molecule has 3 nitrogen and oxygen atoms in total.